The van der Waals surface area contributed by atoms with E-state index in [1.807, 2.05) is 33.0 Å². The molecule has 24 heavy (non-hydrogen) atoms. The molecule has 1 aromatic rings. The highest BCUT2D eigenvalue weighted by molar-refractivity contribution is 7.71. The molecule has 0 aliphatic heterocycles. The largest absolute Gasteiger partial charge is 0.337 e. The van der Waals surface area contributed by atoms with Gasteiger partial charge in [-0.1, -0.05) is 51.5 Å². The van der Waals surface area contributed by atoms with Crippen LogP contribution in [-0.4, -0.2) is 16.6 Å². The first kappa shape index (κ1) is 20.6. The number of aromatic amines is 2. The molecule has 134 valence electrons. The lowest BCUT2D eigenvalue weighted by atomic mass is 9.87. The van der Waals surface area contributed by atoms with Gasteiger partial charge < -0.3 is 9.97 Å². The molecule has 0 spiro atoms. The molecule has 1 heterocycles. The van der Waals surface area contributed by atoms with Crippen LogP contribution in [0.3, 0.4) is 0 Å². The summed E-state index contributed by atoms with van der Waals surface area (Å²) < 4.78 is 13.2. The minimum Gasteiger partial charge on any atom is -0.337 e. The smallest absolute Gasteiger partial charge is 0.174 e. The highest BCUT2D eigenvalue weighted by atomic mass is 32.1. The second kappa shape index (κ2) is 10.4. The van der Waals surface area contributed by atoms with Crippen molar-refractivity contribution in [3.63, 3.8) is 0 Å². The number of H-pyrrole nitrogens is 2. The minimum atomic E-state index is -0.419. The van der Waals surface area contributed by atoms with Gasteiger partial charge in [0.2, 0.25) is 0 Å². The summed E-state index contributed by atoms with van der Waals surface area (Å²) in [6.07, 6.45) is 10.8. The molecule has 1 unspecified atom stereocenters. The quantitative estimate of drug-likeness (QED) is 0.447. The van der Waals surface area contributed by atoms with Crippen molar-refractivity contribution in [2.24, 2.45) is 11.8 Å². The molecular weight excluding hydrogens is 319 g/mol. The van der Waals surface area contributed by atoms with Gasteiger partial charge in [-0.2, -0.15) is 0 Å². The van der Waals surface area contributed by atoms with E-state index in [2.05, 4.69) is 29.9 Å². The minimum absolute atomic E-state index is 0.419. The molecule has 2 N–H and O–H groups in total. The fourth-order valence-electron chi connectivity index (χ4n) is 3.35. The molecule has 2 nitrogen and oxygen atoms in total. The van der Waals surface area contributed by atoms with Crippen LogP contribution in [0.2, 0.25) is 0 Å². The highest BCUT2D eigenvalue weighted by Crippen LogP contribution is 2.41. The Bertz CT molecular complexity index is 647. The molecule has 1 aliphatic carbocycles. The van der Waals surface area contributed by atoms with E-state index in [9.17, 15) is 4.39 Å². The fraction of sp³-hybridized carbons (Fsp3) is 0.550. The van der Waals surface area contributed by atoms with Crippen LogP contribution < -0.4 is 0 Å². The molecule has 0 amide bonds. The Morgan fingerprint density at radius 1 is 1.42 bits per heavy atom. The molecule has 4 heteroatoms. The fourth-order valence-corrected chi connectivity index (χ4v) is 3.54. The molecule has 0 saturated carbocycles. The van der Waals surface area contributed by atoms with Crippen molar-refractivity contribution in [3.05, 3.63) is 51.6 Å². The van der Waals surface area contributed by atoms with Crippen LogP contribution in [0.15, 0.2) is 41.1 Å². The standard InChI is InChI=1S/C18H25FN2S.C2H6/c1-4-13(6-5-9-19)17-14(7-8-16(17)12(2)3)10-15-11-20-18(22)21-15;1-2/h4-6,11-12,14H,7-10H2,1-3H3,(H2,20,21,22);1-2H3/b6-5-,13-4+;. The highest BCUT2D eigenvalue weighted by Gasteiger charge is 2.28. The van der Waals surface area contributed by atoms with Gasteiger partial charge in [0.1, 0.15) is 6.67 Å². The van der Waals surface area contributed by atoms with Crippen molar-refractivity contribution in [1.82, 2.24) is 9.97 Å². The second-order valence-electron chi connectivity index (χ2n) is 6.10. The number of hydrogen-bond acceptors (Lipinski definition) is 1. The number of nitrogens with one attached hydrogen (secondary N) is 2. The van der Waals surface area contributed by atoms with E-state index in [0.29, 0.717) is 16.6 Å². The average molecular weight is 351 g/mol. The van der Waals surface area contributed by atoms with Crippen molar-refractivity contribution in [2.45, 2.75) is 53.9 Å². The van der Waals surface area contributed by atoms with E-state index >= 15 is 0 Å². The van der Waals surface area contributed by atoms with E-state index in [0.717, 1.165) is 30.5 Å². The zero-order valence-electron chi connectivity index (χ0n) is 15.6. The van der Waals surface area contributed by atoms with Crippen molar-refractivity contribution >= 4 is 12.2 Å². The Kier molecular flexibility index (Phi) is 8.98. The van der Waals surface area contributed by atoms with Gasteiger partial charge in [-0.3, -0.25) is 0 Å². The van der Waals surface area contributed by atoms with E-state index in [4.69, 9.17) is 12.2 Å². The number of rotatable bonds is 6. The SMILES string of the molecule is C/C=C(\C=C/CF)C1=C(C(C)C)CCC1Cc1c[nH]c(=S)[nH]1.CC. The van der Waals surface area contributed by atoms with Crippen LogP contribution in [0, 0.1) is 16.6 Å². The van der Waals surface area contributed by atoms with Crippen LogP contribution >= 0.6 is 12.2 Å². The Balaban J connectivity index is 0.00000139. The molecular formula is C20H31FN2S. The van der Waals surface area contributed by atoms with E-state index in [1.54, 1.807) is 6.08 Å². The zero-order valence-corrected chi connectivity index (χ0v) is 16.4. The lowest BCUT2D eigenvalue weighted by molar-refractivity contribution is 0.561. The lowest BCUT2D eigenvalue weighted by Gasteiger charge is -2.18. The van der Waals surface area contributed by atoms with Gasteiger partial charge in [0.25, 0.3) is 0 Å². The first-order chi connectivity index (χ1) is 11.6. The van der Waals surface area contributed by atoms with E-state index in [-0.39, 0.29) is 0 Å². The summed E-state index contributed by atoms with van der Waals surface area (Å²) >= 11 is 5.11. The Morgan fingerprint density at radius 2 is 2.12 bits per heavy atom. The molecule has 0 saturated heterocycles. The molecule has 1 atom stereocenters. The number of imidazole rings is 1. The van der Waals surface area contributed by atoms with Crippen molar-refractivity contribution in [2.75, 3.05) is 6.67 Å². The molecule has 2 rings (SSSR count). The van der Waals surface area contributed by atoms with Crippen LogP contribution in [0.4, 0.5) is 4.39 Å². The predicted octanol–water partition coefficient (Wildman–Crippen LogP) is 6.48. The summed E-state index contributed by atoms with van der Waals surface area (Å²) in [5, 5.41) is 0. The topological polar surface area (TPSA) is 31.6 Å². The summed E-state index contributed by atoms with van der Waals surface area (Å²) in [6, 6.07) is 0. The van der Waals surface area contributed by atoms with Crippen LogP contribution in [0.1, 0.15) is 53.2 Å². The maximum atomic E-state index is 12.5. The molecule has 1 aromatic heterocycles. The second-order valence-corrected chi connectivity index (χ2v) is 6.51. The number of allylic oxidation sites excluding steroid dienone is 6. The molecule has 0 aromatic carbocycles. The van der Waals surface area contributed by atoms with Crippen LogP contribution in [0.5, 0.6) is 0 Å². The summed E-state index contributed by atoms with van der Waals surface area (Å²) in [5.74, 6) is 0.993. The number of aromatic nitrogens is 2. The third-order valence-electron chi connectivity index (χ3n) is 4.34. The van der Waals surface area contributed by atoms with Crippen molar-refractivity contribution in [3.8, 4) is 0 Å². The number of halogens is 1. The van der Waals surface area contributed by atoms with Gasteiger partial charge in [-0.25, -0.2) is 4.39 Å². The third kappa shape index (κ3) is 5.30. The van der Waals surface area contributed by atoms with Gasteiger partial charge in [0.15, 0.2) is 4.77 Å². The Labute approximate surface area is 151 Å². The number of hydrogen-bond donors (Lipinski definition) is 2. The van der Waals surface area contributed by atoms with Crippen molar-refractivity contribution in [1.29, 1.82) is 0 Å². The third-order valence-corrected chi connectivity index (χ3v) is 4.56. The zero-order chi connectivity index (χ0) is 18.1. The maximum absolute atomic E-state index is 12.5. The van der Waals surface area contributed by atoms with Gasteiger partial charge in [-0.15, -0.1) is 0 Å². The Hall–Kier alpha value is -1.42. The molecule has 1 aliphatic rings. The number of alkyl halides is 1. The molecule has 0 fully saturated rings. The van der Waals surface area contributed by atoms with Gasteiger partial charge in [0, 0.05) is 11.9 Å². The first-order valence-electron chi connectivity index (χ1n) is 8.95. The van der Waals surface area contributed by atoms with Crippen LogP contribution in [0.25, 0.3) is 0 Å². The van der Waals surface area contributed by atoms with E-state index < -0.39 is 6.67 Å². The van der Waals surface area contributed by atoms with Gasteiger partial charge in [0.05, 0.1) is 0 Å². The Morgan fingerprint density at radius 3 is 2.62 bits per heavy atom. The lowest BCUT2D eigenvalue weighted by Crippen LogP contribution is -2.07. The van der Waals surface area contributed by atoms with Gasteiger partial charge >= 0.3 is 0 Å². The monoisotopic (exact) mass is 350 g/mol. The maximum Gasteiger partial charge on any atom is 0.174 e. The summed E-state index contributed by atoms with van der Waals surface area (Å²) in [7, 11) is 0. The van der Waals surface area contributed by atoms with Gasteiger partial charge in [-0.05, 0) is 61.4 Å². The van der Waals surface area contributed by atoms with Crippen LogP contribution in [-0.2, 0) is 6.42 Å². The summed E-state index contributed by atoms with van der Waals surface area (Å²) in [4.78, 5) is 6.24. The van der Waals surface area contributed by atoms with Crippen molar-refractivity contribution < 1.29 is 4.39 Å². The first-order valence-corrected chi connectivity index (χ1v) is 9.36. The summed E-state index contributed by atoms with van der Waals surface area (Å²) in [5.41, 5.74) is 5.22. The van der Waals surface area contributed by atoms with E-state index in [1.165, 1.54) is 11.1 Å². The summed E-state index contributed by atoms with van der Waals surface area (Å²) in [6.45, 7) is 10.1. The molecule has 0 radical (unpaired) electrons. The molecule has 0 bridgehead atoms. The predicted molar refractivity (Wildman–Crippen MR) is 104 cm³/mol. The normalized spacial score (nSPS) is 18.5. The average Bonchev–Trinajstić information content (AvgIpc) is 3.17.